The van der Waals surface area contributed by atoms with E-state index in [4.69, 9.17) is 11.6 Å². The molecule has 0 radical (unpaired) electrons. The highest BCUT2D eigenvalue weighted by molar-refractivity contribution is 6.20. The van der Waals surface area contributed by atoms with Gasteiger partial charge in [-0.3, -0.25) is 4.68 Å². The molecule has 5 heteroatoms. The standard InChI is InChI=1S/C14H21ClN4/c1-5-12(15)14-10(2)17-19(11(14)3)8-6-13-16-7-9-18(13)4/h7,9,12H,5-6,8H2,1-4H3. The summed E-state index contributed by atoms with van der Waals surface area (Å²) in [6.07, 6.45) is 5.60. The maximum absolute atomic E-state index is 6.37. The number of hydrogen-bond donors (Lipinski definition) is 0. The second-order valence-corrected chi connectivity index (χ2v) is 5.41. The summed E-state index contributed by atoms with van der Waals surface area (Å²) >= 11 is 6.37. The fourth-order valence-electron chi connectivity index (χ4n) is 2.43. The van der Waals surface area contributed by atoms with Crippen LogP contribution in [0.15, 0.2) is 12.4 Å². The van der Waals surface area contributed by atoms with Gasteiger partial charge in [-0.2, -0.15) is 5.10 Å². The SMILES string of the molecule is CCC(Cl)c1c(C)nn(CCc2nccn2C)c1C. The summed E-state index contributed by atoms with van der Waals surface area (Å²) in [6, 6.07) is 0. The van der Waals surface area contributed by atoms with Crippen molar-refractivity contribution in [2.24, 2.45) is 7.05 Å². The van der Waals surface area contributed by atoms with E-state index in [2.05, 4.69) is 23.9 Å². The Labute approximate surface area is 119 Å². The van der Waals surface area contributed by atoms with Gasteiger partial charge in [0, 0.05) is 43.7 Å². The zero-order valence-electron chi connectivity index (χ0n) is 12.0. The van der Waals surface area contributed by atoms with Crippen LogP contribution in [-0.4, -0.2) is 19.3 Å². The summed E-state index contributed by atoms with van der Waals surface area (Å²) in [6.45, 7) is 7.07. The molecule has 0 N–H and O–H groups in total. The summed E-state index contributed by atoms with van der Waals surface area (Å²) in [5.74, 6) is 1.08. The third-order valence-corrected chi connectivity index (χ3v) is 4.10. The van der Waals surface area contributed by atoms with Gasteiger partial charge in [0.05, 0.1) is 11.1 Å². The lowest BCUT2D eigenvalue weighted by Gasteiger charge is -2.08. The zero-order chi connectivity index (χ0) is 14.0. The van der Waals surface area contributed by atoms with E-state index in [1.165, 1.54) is 11.3 Å². The normalized spacial score (nSPS) is 12.9. The van der Waals surface area contributed by atoms with Crippen molar-refractivity contribution in [2.45, 2.75) is 45.5 Å². The van der Waals surface area contributed by atoms with E-state index < -0.39 is 0 Å². The van der Waals surface area contributed by atoms with Crippen molar-refractivity contribution in [3.05, 3.63) is 35.2 Å². The van der Waals surface area contributed by atoms with Gasteiger partial charge in [-0.1, -0.05) is 6.92 Å². The molecule has 0 aromatic carbocycles. The highest BCUT2D eigenvalue weighted by atomic mass is 35.5. The van der Waals surface area contributed by atoms with E-state index in [-0.39, 0.29) is 5.38 Å². The van der Waals surface area contributed by atoms with Gasteiger partial charge in [0.2, 0.25) is 0 Å². The second-order valence-electron chi connectivity index (χ2n) is 4.89. The predicted molar refractivity (Wildman–Crippen MR) is 77.5 cm³/mol. The summed E-state index contributed by atoms with van der Waals surface area (Å²) in [7, 11) is 2.01. The van der Waals surface area contributed by atoms with Crippen molar-refractivity contribution in [3.8, 4) is 0 Å². The van der Waals surface area contributed by atoms with Gasteiger partial charge in [-0.15, -0.1) is 11.6 Å². The van der Waals surface area contributed by atoms with Crippen molar-refractivity contribution in [1.82, 2.24) is 19.3 Å². The Morgan fingerprint density at radius 2 is 2.11 bits per heavy atom. The van der Waals surface area contributed by atoms with Gasteiger partial charge in [-0.05, 0) is 20.3 Å². The zero-order valence-corrected chi connectivity index (χ0v) is 12.8. The molecule has 0 aliphatic heterocycles. The summed E-state index contributed by atoms with van der Waals surface area (Å²) in [5.41, 5.74) is 3.40. The summed E-state index contributed by atoms with van der Waals surface area (Å²) in [5, 5.41) is 4.66. The fourth-order valence-corrected chi connectivity index (χ4v) is 2.75. The Bertz CT molecular complexity index is 556. The Morgan fingerprint density at radius 3 is 2.68 bits per heavy atom. The Morgan fingerprint density at radius 1 is 1.37 bits per heavy atom. The number of imidazole rings is 1. The molecule has 2 aromatic rings. The molecule has 2 aromatic heterocycles. The van der Waals surface area contributed by atoms with E-state index >= 15 is 0 Å². The molecule has 1 atom stereocenters. The van der Waals surface area contributed by atoms with E-state index in [9.17, 15) is 0 Å². The Kier molecular flexibility index (Phi) is 4.30. The lowest BCUT2D eigenvalue weighted by atomic mass is 10.1. The minimum absolute atomic E-state index is 0.0573. The smallest absolute Gasteiger partial charge is 0.110 e. The minimum Gasteiger partial charge on any atom is -0.338 e. The molecule has 2 rings (SSSR count). The molecular formula is C14H21ClN4. The van der Waals surface area contributed by atoms with Crippen LogP contribution in [0.1, 0.15) is 41.5 Å². The topological polar surface area (TPSA) is 35.6 Å². The lowest BCUT2D eigenvalue weighted by molar-refractivity contribution is 0.572. The van der Waals surface area contributed by atoms with Gasteiger partial charge in [-0.25, -0.2) is 4.98 Å². The van der Waals surface area contributed by atoms with Crippen molar-refractivity contribution >= 4 is 11.6 Å². The number of aryl methyl sites for hydroxylation is 4. The average molecular weight is 281 g/mol. The van der Waals surface area contributed by atoms with Crippen LogP contribution < -0.4 is 0 Å². The third kappa shape index (κ3) is 2.84. The number of alkyl halides is 1. The van der Waals surface area contributed by atoms with E-state index in [0.29, 0.717) is 0 Å². The molecule has 4 nitrogen and oxygen atoms in total. The first kappa shape index (κ1) is 14.1. The molecule has 2 heterocycles. The maximum atomic E-state index is 6.37. The quantitative estimate of drug-likeness (QED) is 0.789. The van der Waals surface area contributed by atoms with Crippen LogP contribution in [0, 0.1) is 13.8 Å². The van der Waals surface area contributed by atoms with Crippen LogP contribution in [-0.2, 0) is 20.0 Å². The lowest BCUT2D eigenvalue weighted by Crippen LogP contribution is -2.08. The molecule has 104 valence electrons. The van der Waals surface area contributed by atoms with Gasteiger partial charge < -0.3 is 4.57 Å². The van der Waals surface area contributed by atoms with Crippen molar-refractivity contribution < 1.29 is 0 Å². The first-order valence-electron chi connectivity index (χ1n) is 6.68. The van der Waals surface area contributed by atoms with Gasteiger partial charge >= 0.3 is 0 Å². The van der Waals surface area contributed by atoms with Crippen molar-refractivity contribution in [3.63, 3.8) is 0 Å². The van der Waals surface area contributed by atoms with Gasteiger partial charge in [0.15, 0.2) is 0 Å². The number of aromatic nitrogens is 4. The molecule has 0 aliphatic carbocycles. The van der Waals surface area contributed by atoms with E-state index in [1.807, 2.05) is 35.6 Å². The van der Waals surface area contributed by atoms with Crippen LogP contribution in [0.4, 0.5) is 0 Å². The second kappa shape index (κ2) is 5.78. The van der Waals surface area contributed by atoms with E-state index in [1.54, 1.807) is 0 Å². The van der Waals surface area contributed by atoms with Crippen molar-refractivity contribution in [2.75, 3.05) is 0 Å². The molecule has 0 spiro atoms. The highest BCUT2D eigenvalue weighted by Crippen LogP contribution is 2.29. The molecule has 1 unspecified atom stereocenters. The molecule has 19 heavy (non-hydrogen) atoms. The molecule has 0 saturated carbocycles. The van der Waals surface area contributed by atoms with Crippen LogP contribution in [0.3, 0.4) is 0 Å². The fraction of sp³-hybridized carbons (Fsp3) is 0.571. The van der Waals surface area contributed by atoms with E-state index in [0.717, 1.165) is 30.9 Å². The Hall–Kier alpha value is -1.29. The molecule has 0 amide bonds. The minimum atomic E-state index is 0.0573. The predicted octanol–water partition coefficient (Wildman–Crippen LogP) is 3.17. The number of nitrogens with zero attached hydrogens (tertiary/aromatic N) is 4. The number of halogens is 1. The van der Waals surface area contributed by atoms with Crippen LogP contribution in [0.25, 0.3) is 0 Å². The molecule has 0 aliphatic rings. The average Bonchev–Trinajstić information content (AvgIpc) is 2.90. The maximum Gasteiger partial charge on any atom is 0.110 e. The van der Waals surface area contributed by atoms with Gasteiger partial charge in [0.1, 0.15) is 5.82 Å². The largest absolute Gasteiger partial charge is 0.338 e. The van der Waals surface area contributed by atoms with Crippen molar-refractivity contribution in [1.29, 1.82) is 0 Å². The van der Waals surface area contributed by atoms with Crippen LogP contribution >= 0.6 is 11.6 Å². The first-order valence-corrected chi connectivity index (χ1v) is 7.12. The van der Waals surface area contributed by atoms with Crippen LogP contribution in [0.2, 0.25) is 0 Å². The first-order chi connectivity index (χ1) is 9.04. The summed E-state index contributed by atoms with van der Waals surface area (Å²) < 4.78 is 4.09. The number of rotatable bonds is 5. The molecule has 0 saturated heterocycles. The monoisotopic (exact) mass is 280 g/mol. The Balaban J connectivity index is 2.16. The molecule has 0 fully saturated rings. The van der Waals surface area contributed by atoms with Crippen LogP contribution in [0.5, 0.6) is 0 Å². The molecule has 0 bridgehead atoms. The third-order valence-electron chi connectivity index (χ3n) is 3.58. The van der Waals surface area contributed by atoms with Gasteiger partial charge in [0.25, 0.3) is 0 Å². The number of hydrogen-bond acceptors (Lipinski definition) is 2. The summed E-state index contributed by atoms with van der Waals surface area (Å²) in [4.78, 5) is 4.34. The highest BCUT2D eigenvalue weighted by Gasteiger charge is 2.17. The molecular weight excluding hydrogens is 260 g/mol.